The number of carbonyl (C=O) groups is 1. The van der Waals surface area contributed by atoms with Gasteiger partial charge in [0.05, 0.1) is 17.1 Å². The molecule has 0 saturated carbocycles. The van der Waals surface area contributed by atoms with E-state index in [9.17, 15) is 4.79 Å². The Labute approximate surface area is 137 Å². The van der Waals surface area contributed by atoms with E-state index < -0.39 is 0 Å². The number of amides is 1. The van der Waals surface area contributed by atoms with E-state index in [1.165, 1.54) is 5.69 Å². The number of hydrogen-bond donors (Lipinski definition) is 1. The van der Waals surface area contributed by atoms with Crippen molar-refractivity contribution in [1.82, 2.24) is 20.3 Å². The van der Waals surface area contributed by atoms with Gasteiger partial charge >= 0.3 is 0 Å². The second-order valence-corrected chi connectivity index (χ2v) is 6.59. The van der Waals surface area contributed by atoms with Gasteiger partial charge in [0.25, 0.3) is 5.91 Å². The fourth-order valence-electron chi connectivity index (χ4n) is 3.01. The summed E-state index contributed by atoms with van der Waals surface area (Å²) < 4.78 is 7.16. The van der Waals surface area contributed by atoms with Crippen LogP contribution in [-0.2, 0) is 13.5 Å². The molecule has 0 aromatic carbocycles. The summed E-state index contributed by atoms with van der Waals surface area (Å²) in [6.45, 7) is 0. The van der Waals surface area contributed by atoms with Gasteiger partial charge in [-0.15, -0.1) is 11.3 Å². The van der Waals surface area contributed by atoms with Crippen LogP contribution in [0, 0.1) is 0 Å². The summed E-state index contributed by atoms with van der Waals surface area (Å²) in [4.78, 5) is 13.4. The lowest BCUT2D eigenvalue weighted by Gasteiger charge is -2.23. The van der Waals surface area contributed by atoms with Gasteiger partial charge in [-0.3, -0.25) is 9.48 Å². The van der Waals surface area contributed by atoms with Crippen LogP contribution in [0.3, 0.4) is 0 Å². The number of nitrogens with zero attached hydrogens (tertiary/aromatic N) is 3. The molecule has 23 heavy (non-hydrogen) atoms. The Morgan fingerprint density at radius 3 is 3.26 bits per heavy atom. The average molecular weight is 328 g/mol. The first-order valence-electron chi connectivity index (χ1n) is 7.54. The quantitative estimate of drug-likeness (QED) is 0.802. The molecule has 6 nitrogen and oxygen atoms in total. The van der Waals surface area contributed by atoms with Crippen LogP contribution < -0.4 is 5.32 Å². The summed E-state index contributed by atoms with van der Waals surface area (Å²) in [6, 6.07) is 5.56. The van der Waals surface area contributed by atoms with Crippen LogP contribution in [-0.4, -0.2) is 20.8 Å². The topological polar surface area (TPSA) is 73.0 Å². The van der Waals surface area contributed by atoms with Gasteiger partial charge in [-0.05, 0) is 30.7 Å². The molecular weight excluding hydrogens is 312 g/mol. The highest BCUT2D eigenvalue weighted by atomic mass is 32.1. The summed E-state index contributed by atoms with van der Waals surface area (Å²) in [7, 11) is 1.94. The van der Waals surface area contributed by atoms with Gasteiger partial charge < -0.3 is 9.84 Å². The van der Waals surface area contributed by atoms with E-state index in [4.69, 9.17) is 4.52 Å². The molecule has 1 unspecified atom stereocenters. The van der Waals surface area contributed by atoms with Gasteiger partial charge in [0.15, 0.2) is 11.5 Å². The van der Waals surface area contributed by atoms with E-state index in [2.05, 4.69) is 15.6 Å². The van der Waals surface area contributed by atoms with Crippen molar-refractivity contribution in [2.24, 2.45) is 7.05 Å². The normalized spacial score (nSPS) is 17.0. The number of nitrogens with one attached hydrogen (secondary N) is 1. The smallest absolute Gasteiger partial charge is 0.273 e. The fourth-order valence-corrected chi connectivity index (χ4v) is 3.68. The number of carbonyl (C=O) groups excluding carboxylic acids is 1. The Kier molecular flexibility index (Phi) is 3.49. The minimum absolute atomic E-state index is 0.0122. The van der Waals surface area contributed by atoms with Crippen LogP contribution in [0.2, 0.25) is 0 Å². The SMILES string of the molecule is Cn1ncc2c1CCCC2NC(=O)c1cc(-c2cccs2)on1. The number of rotatable bonds is 3. The van der Waals surface area contributed by atoms with E-state index in [1.54, 1.807) is 17.4 Å². The Hall–Kier alpha value is -2.41. The molecule has 3 heterocycles. The summed E-state index contributed by atoms with van der Waals surface area (Å²) in [5.74, 6) is 0.411. The van der Waals surface area contributed by atoms with E-state index >= 15 is 0 Å². The molecule has 3 aromatic rings. The van der Waals surface area contributed by atoms with Crippen LogP contribution >= 0.6 is 11.3 Å². The predicted molar refractivity (Wildman–Crippen MR) is 86.2 cm³/mol. The Bertz CT molecular complexity index is 834. The Balaban J connectivity index is 1.53. The van der Waals surface area contributed by atoms with Crippen molar-refractivity contribution in [2.45, 2.75) is 25.3 Å². The molecule has 1 N–H and O–H groups in total. The van der Waals surface area contributed by atoms with E-state index in [0.717, 1.165) is 29.7 Å². The first kappa shape index (κ1) is 14.2. The highest BCUT2D eigenvalue weighted by Gasteiger charge is 2.26. The number of fused-ring (bicyclic) bond motifs is 1. The maximum Gasteiger partial charge on any atom is 0.273 e. The zero-order chi connectivity index (χ0) is 15.8. The van der Waals surface area contributed by atoms with Crippen molar-refractivity contribution in [1.29, 1.82) is 0 Å². The minimum atomic E-state index is -0.210. The Morgan fingerprint density at radius 1 is 1.52 bits per heavy atom. The second kappa shape index (κ2) is 5.66. The molecule has 1 amide bonds. The standard InChI is InChI=1S/C16H16N4O2S/c1-20-13-5-2-4-11(10(13)9-17-20)18-16(21)12-8-14(22-19-12)15-6-3-7-23-15/h3,6-9,11H,2,4-5H2,1H3,(H,18,21). The fraction of sp³-hybridized carbons (Fsp3) is 0.312. The molecule has 0 fully saturated rings. The molecule has 0 spiro atoms. The number of aromatic nitrogens is 3. The molecule has 4 rings (SSSR count). The molecule has 1 atom stereocenters. The van der Waals surface area contributed by atoms with E-state index in [0.29, 0.717) is 11.5 Å². The van der Waals surface area contributed by atoms with E-state index in [-0.39, 0.29) is 11.9 Å². The van der Waals surface area contributed by atoms with Crippen molar-refractivity contribution in [3.63, 3.8) is 0 Å². The summed E-state index contributed by atoms with van der Waals surface area (Å²) in [5, 5.41) is 13.2. The molecule has 0 radical (unpaired) electrons. The maximum atomic E-state index is 12.5. The molecule has 7 heteroatoms. The molecule has 1 aliphatic rings. The van der Waals surface area contributed by atoms with Gasteiger partial charge in [0.1, 0.15) is 0 Å². The third-order valence-electron chi connectivity index (χ3n) is 4.19. The number of hydrogen-bond acceptors (Lipinski definition) is 5. The van der Waals surface area contributed by atoms with Crippen LogP contribution in [0.4, 0.5) is 0 Å². The van der Waals surface area contributed by atoms with Crippen molar-refractivity contribution >= 4 is 17.2 Å². The molecule has 0 saturated heterocycles. The zero-order valence-corrected chi connectivity index (χ0v) is 13.5. The summed E-state index contributed by atoms with van der Waals surface area (Å²) >= 11 is 1.55. The number of aryl methyl sites for hydroxylation is 1. The highest BCUT2D eigenvalue weighted by molar-refractivity contribution is 7.13. The summed E-state index contributed by atoms with van der Waals surface area (Å²) in [5.41, 5.74) is 2.61. The summed E-state index contributed by atoms with van der Waals surface area (Å²) in [6.07, 6.45) is 4.81. The molecule has 1 aliphatic carbocycles. The van der Waals surface area contributed by atoms with Gasteiger partial charge in [-0.1, -0.05) is 11.2 Å². The maximum absolute atomic E-state index is 12.5. The van der Waals surface area contributed by atoms with Crippen molar-refractivity contribution in [3.05, 3.63) is 46.7 Å². The van der Waals surface area contributed by atoms with Crippen LogP contribution in [0.5, 0.6) is 0 Å². The first-order valence-corrected chi connectivity index (χ1v) is 8.42. The second-order valence-electron chi connectivity index (χ2n) is 5.64. The van der Waals surface area contributed by atoms with Crippen molar-refractivity contribution in [3.8, 4) is 10.6 Å². The van der Waals surface area contributed by atoms with Crippen LogP contribution in [0.25, 0.3) is 10.6 Å². The molecule has 0 aliphatic heterocycles. The molecular formula is C16H16N4O2S. The average Bonchev–Trinajstić information content (AvgIpc) is 3.28. The van der Waals surface area contributed by atoms with Gasteiger partial charge in [-0.25, -0.2) is 0 Å². The van der Waals surface area contributed by atoms with E-state index in [1.807, 2.05) is 35.4 Å². The highest BCUT2D eigenvalue weighted by Crippen LogP contribution is 2.30. The molecule has 3 aromatic heterocycles. The lowest BCUT2D eigenvalue weighted by atomic mass is 9.93. The van der Waals surface area contributed by atoms with Crippen molar-refractivity contribution in [2.75, 3.05) is 0 Å². The van der Waals surface area contributed by atoms with Gasteiger partial charge in [0, 0.05) is 24.4 Å². The lowest BCUT2D eigenvalue weighted by molar-refractivity contribution is 0.0923. The van der Waals surface area contributed by atoms with Gasteiger partial charge in [0.2, 0.25) is 0 Å². The predicted octanol–water partition coefficient (Wildman–Crippen LogP) is 2.94. The third kappa shape index (κ3) is 2.57. The van der Waals surface area contributed by atoms with Crippen LogP contribution in [0.1, 0.15) is 40.6 Å². The minimum Gasteiger partial charge on any atom is -0.355 e. The number of thiophene rings is 1. The Morgan fingerprint density at radius 2 is 2.43 bits per heavy atom. The van der Waals surface area contributed by atoms with Crippen molar-refractivity contribution < 1.29 is 9.32 Å². The monoisotopic (exact) mass is 328 g/mol. The van der Waals surface area contributed by atoms with Crippen LogP contribution in [0.15, 0.2) is 34.3 Å². The molecule has 118 valence electrons. The lowest BCUT2D eigenvalue weighted by Crippen LogP contribution is -2.31. The third-order valence-corrected chi connectivity index (χ3v) is 5.07. The first-order chi connectivity index (χ1) is 11.2. The molecule has 0 bridgehead atoms. The van der Waals surface area contributed by atoms with Gasteiger partial charge in [-0.2, -0.15) is 5.10 Å². The largest absolute Gasteiger partial charge is 0.355 e. The zero-order valence-electron chi connectivity index (χ0n) is 12.7.